The summed E-state index contributed by atoms with van der Waals surface area (Å²) >= 11 is 0. The summed E-state index contributed by atoms with van der Waals surface area (Å²) in [5, 5.41) is 8.67. The summed E-state index contributed by atoms with van der Waals surface area (Å²) in [6.07, 6.45) is 9.91. The molecule has 0 saturated carbocycles. The molecule has 0 radical (unpaired) electrons. The van der Waals surface area contributed by atoms with Gasteiger partial charge in [-0.3, -0.25) is 9.88 Å². The largest absolute Gasteiger partial charge is 0.421 e. The summed E-state index contributed by atoms with van der Waals surface area (Å²) in [5.41, 5.74) is 2.44. The first-order valence-corrected chi connectivity index (χ1v) is 12.9. The summed E-state index contributed by atoms with van der Waals surface area (Å²) in [5.74, 6) is 4.65. The van der Waals surface area contributed by atoms with Gasteiger partial charge in [-0.05, 0) is 49.1 Å². The Labute approximate surface area is 208 Å². The van der Waals surface area contributed by atoms with Gasteiger partial charge in [-0.25, -0.2) is 4.98 Å². The van der Waals surface area contributed by atoms with Gasteiger partial charge in [0, 0.05) is 57.1 Å². The Morgan fingerprint density at radius 3 is 2.54 bits per heavy atom. The lowest BCUT2D eigenvalue weighted by molar-refractivity contribution is 0.155. The van der Waals surface area contributed by atoms with Crippen LogP contribution in [0.1, 0.15) is 33.1 Å². The maximum atomic E-state index is 6.04. The molecule has 1 saturated heterocycles. The van der Waals surface area contributed by atoms with Crippen LogP contribution < -0.4 is 4.90 Å². The highest BCUT2D eigenvalue weighted by molar-refractivity contribution is 5.51. The third kappa shape index (κ3) is 5.61. The lowest BCUT2D eigenvalue weighted by Crippen LogP contribution is -2.49. The zero-order valence-corrected chi connectivity index (χ0v) is 21.0. The normalized spacial score (nSPS) is 23.5. The predicted molar refractivity (Wildman–Crippen MR) is 138 cm³/mol. The Morgan fingerprint density at radius 2 is 1.83 bits per heavy atom. The third-order valence-electron chi connectivity index (χ3n) is 7.71. The van der Waals surface area contributed by atoms with E-state index in [1.807, 2.05) is 36.5 Å². The summed E-state index contributed by atoms with van der Waals surface area (Å²) in [7, 11) is 0. The molecule has 7 heteroatoms. The lowest BCUT2D eigenvalue weighted by atomic mass is 9.69. The van der Waals surface area contributed by atoms with Crippen LogP contribution in [0.4, 0.5) is 5.82 Å². The van der Waals surface area contributed by atoms with E-state index in [0.29, 0.717) is 29.6 Å². The van der Waals surface area contributed by atoms with Gasteiger partial charge >= 0.3 is 0 Å². The molecule has 2 aromatic heterocycles. The average molecular weight is 473 g/mol. The Kier molecular flexibility index (Phi) is 7.23. The zero-order valence-electron chi connectivity index (χ0n) is 21.0. The van der Waals surface area contributed by atoms with Crippen molar-refractivity contribution in [2.24, 2.45) is 23.7 Å². The van der Waals surface area contributed by atoms with Crippen LogP contribution >= 0.6 is 0 Å². The molecule has 1 aliphatic carbocycles. The van der Waals surface area contributed by atoms with Crippen molar-refractivity contribution in [3.63, 3.8) is 0 Å². The van der Waals surface area contributed by atoms with Crippen LogP contribution in [-0.4, -0.2) is 57.8 Å². The van der Waals surface area contributed by atoms with Gasteiger partial charge in [0.05, 0.1) is 6.20 Å². The molecule has 35 heavy (non-hydrogen) atoms. The maximum absolute atomic E-state index is 6.04. The minimum absolute atomic E-state index is 0.455. The molecule has 3 aromatic rings. The predicted octanol–water partition coefficient (Wildman–Crippen LogP) is 4.75. The summed E-state index contributed by atoms with van der Waals surface area (Å²) < 4.78 is 6.04. The van der Waals surface area contributed by atoms with Gasteiger partial charge in [0.1, 0.15) is 5.82 Å². The topological polar surface area (TPSA) is 71.2 Å². The van der Waals surface area contributed by atoms with E-state index in [4.69, 9.17) is 4.42 Å². The molecule has 2 aliphatic rings. The zero-order chi connectivity index (χ0) is 24.2. The molecular weight excluding hydrogens is 436 g/mol. The van der Waals surface area contributed by atoms with Crippen molar-refractivity contribution >= 4 is 5.82 Å². The molecule has 3 heterocycles. The van der Waals surface area contributed by atoms with Crippen LogP contribution in [0, 0.1) is 23.7 Å². The molecule has 184 valence electrons. The van der Waals surface area contributed by atoms with E-state index in [0.717, 1.165) is 56.4 Å². The molecule has 0 N–H and O–H groups in total. The van der Waals surface area contributed by atoms with Gasteiger partial charge < -0.3 is 9.32 Å². The molecule has 1 aliphatic heterocycles. The van der Waals surface area contributed by atoms with Gasteiger partial charge in [-0.15, -0.1) is 10.2 Å². The second-order valence-corrected chi connectivity index (χ2v) is 10.3. The summed E-state index contributed by atoms with van der Waals surface area (Å²) in [6.45, 7) is 12.3. The van der Waals surface area contributed by atoms with Gasteiger partial charge in [0.2, 0.25) is 11.8 Å². The van der Waals surface area contributed by atoms with Gasteiger partial charge in [-0.1, -0.05) is 43.7 Å². The number of rotatable bonds is 7. The number of hydrogen-bond acceptors (Lipinski definition) is 7. The monoisotopic (exact) mass is 472 g/mol. The standard InChI is InChI=1S/C28H36N6O/c1-20(2)25-16-23(17-27-31-32-28(35-27)22-7-5-4-6-8-22)21(3)15-24(25)19-33-11-13-34(14-12-33)26-18-29-9-10-30-26/h4-10,15,18,20,23-25H,11-14,16-17,19H2,1-3H3. The van der Waals surface area contributed by atoms with Crippen molar-refractivity contribution in [3.05, 3.63) is 66.5 Å². The Bertz CT molecular complexity index is 1100. The number of allylic oxidation sites excluding steroid dienone is 1. The van der Waals surface area contributed by atoms with Gasteiger partial charge in [0.25, 0.3) is 0 Å². The van der Waals surface area contributed by atoms with Crippen molar-refractivity contribution in [1.82, 2.24) is 25.1 Å². The first-order valence-electron chi connectivity index (χ1n) is 12.9. The van der Waals surface area contributed by atoms with Crippen LogP contribution in [0.15, 0.2) is 65.0 Å². The molecule has 5 rings (SSSR count). The smallest absolute Gasteiger partial charge is 0.247 e. The highest BCUT2D eigenvalue weighted by atomic mass is 16.4. The van der Waals surface area contributed by atoms with E-state index in [1.54, 1.807) is 12.4 Å². The van der Waals surface area contributed by atoms with Crippen LogP contribution in [0.2, 0.25) is 0 Å². The fourth-order valence-corrected chi connectivity index (χ4v) is 5.64. The molecule has 0 bridgehead atoms. The van der Waals surface area contributed by atoms with Crippen molar-refractivity contribution in [1.29, 1.82) is 0 Å². The second kappa shape index (κ2) is 10.7. The number of nitrogens with zero attached hydrogens (tertiary/aromatic N) is 6. The average Bonchev–Trinajstić information content (AvgIpc) is 3.35. The van der Waals surface area contributed by atoms with E-state index in [1.165, 1.54) is 12.0 Å². The first kappa shape index (κ1) is 23.7. The van der Waals surface area contributed by atoms with Crippen molar-refractivity contribution in [2.75, 3.05) is 37.6 Å². The Balaban J connectivity index is 1.22. The third-order valence-corrected chi connectivity index (χ3v) is 7.71. The number of aromatic nitrogens is 4. The number of anilines is 1. The van der Waals surface area contributed by atoms with Crippen molar-refractivity contribution in [2.45, 2.75) is 33.6 Å². The Morgan fingerprint density at radius 1 is 1.03 bits per heavy atom. The molecule has 1 aromatic carbocycles. The number of hydrogen-bond donors (Lipinski definition) is 0. The molecule has 1 fully saturated rings. The summed E-state index contributed by atoms with van der Waals surface area (Å²) in [4.78, 5) is 13.7. The number of benzene rings is 1. The first-order chi connectivity index (χ1) is 17.1. The SMILES string of the molecule is CC1=CC(CN2CCN(c3cnccn3)CC2)C(C(C)C)CC1Cc1nnc(-c2ccccc2)o1. The molecule has 0 amide bonds. The minimum Gasteiger partial charge on any atom is -0.421 e. The molecule has 7 nitrogen and oxygen atoms in total. The van der Waals surface area contributed by atoms with E-state index >= 15 is 0 Å². The van der Waals surface area contributed by atoms with Crippen LogP contribution in [0.25, 0.3) is 11.5 Å². The quantitative estimate of drug-likeness (QED) is 0.460. The van der Waals surface area contributed by atoms with Crippen molar-refractivity contribution < 1.29 is 4.42 Å². The molecule has 0 spiro atoms. The second-order valence-electron chi connectivity index (χ2n) is 10.3. The van der Waals surface area contributed by atoms with E-state index in [-0.39, 0.29) is 0 Å². The van der Waals surface area contributed by atoms with E-state index in [9.17, 15) is 0 Å². The molecular formula is C28H36N6O. The highest BCUT2D eigenvalue weighted by Crippen LogP contribution is 2.39. The van der Waals surface area contributed by atoms with Crippen molar-refractivity contribution in [3.8, 4) is 11.5 Å². The number of piperazine rings is 1. The Hall–Kier alpha value is -3.06. The summed E-state index contributed by atoms with van der Waals surface area (Å²) in [6, 6.07) is 10.0. The van der Waals surface area contributed by atoms with Crippen LogP contribution in [0.3, 0.4) is 0 Å². The fraction of sp³-hybridized carbons (Fsp3) is 0.500. The lowest BCUT2D eigenvalue weighted by Gasteiger charge is -2.41. The minimum atomic E-state index is 0.455. The van der Waals surface area contributed by atoms with E-state index < -0.39 is 0 Å². The van der Waals surface area contributed by atoms with Gasteiger partial charge in [0.15, 0.2) is 0 Å². The van der Waals surface area contributed by atoms with Crippen LogP contribution in [0.5, 0.6) is 0 Å². The maximum Gasteiger partial charge on any atom is 0.247 e. The highest BCUT2D eigenvalue weighted by Gasteiger charge is 2.34. The fourth-order valence-electron chi connectivity index (χ4n) is 5.64. The van der Waals surface area contributed by atoms with Crippen LogP contribution in [-0.2, 0) is 6.42 Å². The van der Waals surface area contributed by atoms with Gasteiger partial charge in [-0.2, -0.15) is 0 Å². The van der Waals surface area contributed by atoms with E-state index in [2.05, 4.69) is 56.8 Å². The molecule has 3 unspecified atom stereocenters. The molecule has 3 atom stereocenters.